The topological polar surface area (TPSA) is 44.1 Å². The Labute approximate surface area is 180 Å². The number of carbonyl (C=O) groups excluding carboxylic acids is 1. The molecule has 0 bridgehead atoms. The van der Waals surface area contributed by atoms with Crippen molar-refractivity contribution in [1.82, 2.24) is 9.55 Å². The second-order valence-corrected chi connectivity index (χ2v) is 7.70. The van der Waals surface area contributed by atoms with Gasteiger partial charge >= 0.3 is 0 Å². The van der Waals surface area contributed by atoms with Crippen LogP contribution in [-0.2, 0) is 6.61 Å². The molecule has 0 fully saturated rings. The van der Waals surface area contributed by atoms with Crippen LogP contribution in [0.15, 0.2) is 60.7 Å². The first-order chi connectivity index (χ1) is 14.5. The number of benzene rings is 2. The summed E-state index contributed by atoms with van der Waals surface area (Å²) >= 11 is 6.29. The van der Waals surface area contributed by atoms with E-state index in [0.717, 1.165) is 24.8 Å². The van der Waals surface area contributed by atoms with Crippen LogP contribution in [0, 0.1) is 5.82 Å². The zero-order valence-electron chi connectivity index (χ0n) is 16.6. The summed E-state index contributed by atoms with van der Waals surface area (Å²) in [6.45, 7) is 1.80. The maximum absolute atomic E-state index is 15.1. The lowest BCUT2D eigenvalue weighted by Gasteiger charge is -2.22. The number of nitrogens with zero attached hydrogens (tertiary/aromatic N) is 2. The van der Waals surface area contributed by atoms with Gasteiger partial charge in [0.25, 0.3) is 0 Å². The number of rotatable bonds is 6. The van der Waals surface area contributed by atoms with Gasteiger partial charge in [-0.1, -0.05) is 54.1 Å². The molecule has 3 aromatic rings. The Balaban J connectivity index is 1.68. The van der Waals surface area contributed by atoms with Gasteiger partial charge < -0.3 is 9.30 Å². The highest BCUT2D eigenvalue weighted by Crippen LogP contribution is 2.35. The van der Waals surface area contributed by atoms with Crippen molar-refractivity contribution in [2.24, 2.45) is 0 Å². The second-order valence-electron chi connectivity index (χ2n) is 7.34. The van der Waals surface area contributed by atoms with Crippen LogP contribution in [0.5, 0.6) is 5.75 Å². The lowest BCUT2D eigenvalue weighted by molar-refractivity contribution is 0.100. The van der Waals surface area contributed by atoms with Crippen molar-refractivity contribution in [3.63, 3.8) is 0 Å². The average Bonchev–Trinajstić information content (AvgIpc) is 3.10. The van der Waals surface area contributed by atoms with Crippen LogP contribution in [0.1, 0.15) is 48.3 Å². The molecule has 1 aliphatic rings. The van der Waals surface area contributed by atoms with Crippen molar-refractivity contribution in [3.8, 4) is 17.1 Å². The molecular formula is C24H22ClFN2O2. The highest BCUT2D eigenvalue weighted by molar-refractivity contribution is 6.32. The lowest BCUT2D eigenvalue weighted by atomic mass is 10.0. The summed E-state index contributed by atoms with van der Waals surface area (Å²) in [5, 5.41) is 0.0975. The third-order valence-electron chi connectivity index (χ3n) is 5.19. The van der Waals surface area contributed by atoms with E-state index in [1.165, 1.54) is 13.0 Å². The van der Waals surface area contributed by atoms with Gasteiger partial charge in [0.1, 0.15) is 29.7 Å². The fraction of sp³-hybridized carbons (Fsp3) is 0.250. The molecule has 1 atom stereocenters. The van der Waals surface area contributed by atoms with Crippen LogP contribution in [-0.4, -0.2) is 15.3 Å². The van der Waals surface area contributed by atoms with Gasteiger partial charge in [0, 0.05) is 13.0 Å². The molecule has 1 heterocycles. The van der Waals surface area contributed by atoms with Gasteiger partial charge in [-0.05, 0) is 37.0 Å². The molecule has 1 aromatic heterocycles. The molecule has 0 N–H and O–H groups in total. The Kier molecular flexibility index (Phi) is 6.00. The molecule has 1 unspecified atom stereocenters. The first-order valence-electron chi connectivity index (χ1n) is 9.96. The summed E-state index contributed by atoms with van der Waals surface area (Å²) in [7, 11) is 0. The zero-order chi connectivity index (χ0) is 21.1. The first kappa shape index (κ1) is 20.4. The third-order valence-corrected chi connectivity index (χ3v) is 5.46. The quantitative estimate of drug-likeness (QED) is 0.339. The fourth-order valence-electron chi connectivity index (χ4n) is 3.75. The SMILES string of the molecule is CC(=O)c1c(Cl)nc(-c2ccc(OCc3ccccc3)cc2F)n1C1C=CCCC1. The third kappa shape index (κ3) is 4.17. The average molecular weight is 425 g/mol. The predicted octanol–water partition coefficient (Wildman–Crippen LogP) is 6.41. The second kappa shape index (κ2) is 8.84. The Morgan fingerprint density at radius 1 is 1.27 bits per heavy atom. The Morgan fingerprint density at radius 3 is 2.73 bits per heavy atom. The Morgan fingerprint density at radius 2 is 2.07 bits per heavy atom. The van der Waals surface area contributed by atoms with Gasteiger partial charge in [-0.15, -0.1) is 0 Å². The molecular weight excluding hydrogens is 403 g/mol. The van der Waals surface area contributed by atoms with Crippen LogP contribution >= 0.6 is 11.6 Å². The largest absolute Gasteiger partial charge is 0.489 e. The highest BCUT2D eigenvalue weighted by Gasteiger charge is 2.27. The minimum absolute atomic E-state index is 0.0824. The molecule has 0 radical (unpaired) electrons. The van der Waals surface area contributed by atoms with E-state index >= 15 is 4.39 Å². The number of ether oxygens (including phenoxy) is 1. The number of hydrogen-bond donors (Lipinski definition) is 0. The number of halogens is 2. The van der Waals surface area contributed by atoms with Crippen molar-refractivity contribution in [1.29, 1.82) is 0 Å². The number of aromatic nitrogens is 2. The van der Waals surface area contributed by atoms with E-state index in [1.54, 1.807) is 16.7 Å². The van der Waals surface area contributed by atoms with Crippen LogP contribution in [0.4, 0.5) is 4.39 Å². The molecule has 2 aromatic carbocycles. The van der Waals surface area contributed by atoms with Crippen LogP contribution in [0.2, 0.25) is 5.15 Å². The number of imidazole rings is 1. The summed E-state index contributed by atoms with van der Waals surface area (Å²) in [5.74, 6) is 0.113. The Bertz CT molecular complexity index is 1090. The minimum Gasteiger partial charge on any atom is -0.489 e. The molecule has 0 aliphatic heterocycles. The van der Waals surface area contributed by atoms with Gasteiger partial charge in [0.2, 0.25) is 0 Å². The molecule has 4 nitrogen and oxygen atoms in total. The standard InChI is InChI=1S/C24H22ClFN2O2/c1-16(29)22-23(25)27-24(28(22)18-10-6-3-7-11-18)20-13-12-19(14-21(20)26)30-15-17-8-4-2-5-9-17/h2,4-6,8-10,12-14,18H,3,7,11,15H2,1H3. The molecule has 6 heteroatoms. The van der Waals surface area contributed by atoms with E-state index < -0.39 is 5.82 Å². The van der Waals surface area contributed by atoms with E-state index in [1.807, 2.05) is 36.4 Å². The molecule has 154 valence electrons. The molecule has 0 saturated carbocycles. The predicted molar refractivity (Wildman–Crippen MR) is 115 cm³/mol. The normalized spacial score (nSPS) is 15.9. The van der Waals surface area contributed by atoms with Crippen molar-refractivity contribution in [2.45, 2.75) is 38.8 Å². The van der Waals surface area contributed by atoms with Gasteiger partial charge in [-0.3, -0.25) is 4.79 Å². The van der Waals surface area contributed by atoms with E-state index in [9.17, 15) is 4.79 Å². The minimum atomic E-state index is -0.474. The monoisotopic (exact) mass is 424 g/mol. The summed E-state index contributed by atoms with van der Waals surface area (Å²) in [4.78, 5) is 16.6. The van der Waals surface area contributed by atoms with E-state index in [4.69, 9.17) is 16.3 Å². The van der Waals surface area contributed by atoms with Gasteiger partial charge in [0.05, 0.1) is 11.6 Å². The Hall–Kier alpha value is -2.92. The number of allylic oxidation sites excluding steroid dienone is 2. The van der Waals surface area contributed by atoms with Crippen molar-refractivity contribution >= 4 is 17.4 Å². The smallest absolute Gasteiger partial charge is 0.179 e. The number of carbonyl (C=O) groups is 1. The zero-order valence-corrected chi connectivity index (χ0v) is 17.4. The number of ketones is 1. The first-order valence-corrected chi connectivity index (χ1v) is 10.3. The highest BCUT2D eigenvalue weighted by atomic mass is 35.5. The number of hydrogen-bond acceptors (Lipinski definition) is 3. The van der Waals surface area contributed by atoms with Crippen LogP contribution in [0.25, 0.3) is 11.4 Å². The van der Waals surface area contributed by atoms with Crippen molar-refractivity contribution in [3.05, 3.63) is 82.9 Å². The lowest BCUT2D eigenvalue weighted by Crippen LogP contribution is -2.16. The van der Waals surface area contributed by atoms with E-state index in [0.29, 0.717) is 23.9 Å². The van der Waals surface area contributed by atoms with E-state index in [2.05, 4.69) is 11.1 Å². The maximum Gasteiger partial charge on any atom is 0.179 e. The summed E-state index contributed by atoms with van der Waals surface area (Å²) in [5.41, 5.74) is 1.60. The maximum atomic E-state index is 15.1. The van der Waals surface area contributed by atoms with Crippen LogP contribution in [0.3, 0.4) is 0 Å². The van der Waals surface area contributed by atoms with Crippen LogP contribution < -0.4 is 4.74 Å². The molecule has 30 heavy (non-hydrogen) atoms. The molecule has 1 aliphatic carbocycles. The summed E-state index contributed by atoms with van der Waals surface area (Å²) in [6.07, 6.45) is 6.93. The van der Waals surface area contributed by atoms with Crippen molar-refractivity contribution in [2.75, 3.05) is 0 Å². The molecule has 0 amide bonds. The summed E-state index contributed by atoms with van der Waals surface area (Å²) in [6, 6.07) is 14.3. The van der Waals surface area contributed by atoms with Gasteiger partial charge in [0.15, 0.2) is 10.9 Å². The molecule has 4 rings (SSSR count). The molecule has 0 saturated heterocycles. The van der Waals surface area contributed by atoms with Gasteiger partial charge in [-0.2, -0.15) is 0 Å². The van der Waals surface area contributed by atoms with Gasteiger partial charge in [-0.25, -0.2) is 9.37 Å². The number of Topliss-reactive ketones (excluding diaryl/α,β-unsaturated/α-hetero) is 1. The summed E-state index contributed by atoms with van der Waals surface area (Å²) < 4.78 is 22.6. The van der Waals surface area contributed by atoms with E-state index in [-0.39, 0.29) is 22.5 Å². The molecule has 0 spiro atoms. The van der Waals surface area contributed by atoms with Crippen molar-refractivity contribution < 1.29 is 13.9 Å². The fourth-order valence-corrected chi connectivity index (χ4v) is 4.05.